The Morgan fingerprint density at radius 2 is 1.60 bits per heavy atom. The fraction of sp³-hybridized carbons (Fsp3) is 0.500. The van der Waals surface area contributed by atoms with Gasteiger partial charge in [-0.1, -0.05) is 19.9 Å². The molecule has 0 fully saturated rings. The van der Waals surface area contributed by atoms with Gasteiger partial charge in [-0.15, -0.1) is 0 Å². The fourth-order valence-corrected chi connectivity index (χ4v) is 4.36. The lowest BCUT2D eigenvalue weighted by Crippen LogP contribution is -2.30. The smallest absolute Gasteiger partial charge is 0.416 e. The highest BCUT2D eigenvalue weighted by Crippen LogP contribution is 2.45. The second-order valence-electron chi connectivity index (χ2n) is 8.84. The number of benzene rings is 2. The molecular formula is C28H34F7NO4. The van der Waals surface area contributed by atoms with Crippen LogP contribution in [0.15, 0.2) is 36.4 Å². The average molecular weight is 582 g/mol. The lowest BCUT2D eigenvalue weighted by molar-refractivity contribution is -0.145. The zero-order chi connectivity index (χ0) is 30.8. The largest absolute Gasteiger partial charge is 0.469 e. The lowest BCUT2D eigenvalue weighted by atomic mass is 9.76. The van der Waals surface area contributed by atoms with Crippen molar-refractivity contribution >= 4 is 12.4 Å². The molecule has 12 heteroatoms. The number of alkyl halides is 6. The van der Waals surface area contributed by atoms with Crippen molar-refractivity contribution < 1.29 is 49.8 Å². The Morgan fingerprint density at radius 3 is 2.02 bits per heavy atom. The van der Waals surface area contributed by atoms with E-state index in [-0.39, 0.29) is 18.5 Å². The van der Waals surface area contributed by atoms with Crippen LogP contribution in [0.4, 0.5) is 30.7 Å². The van der Waals surface area contributed by atoms with Gasteiger partial charge in [-0.25, -0.2) is 4.39 Å². The first-order valence-electron chi connectivity index (χ1n) is 12.5. The van der Waals surface area contributed by atoms with Crippen molar-refractivity contribution in [3.8, 4) is 0 Å². The van der Waals surface area contributed by atoms with E-state index in [0.717, 1.165) is 7.11 Å². The maximum atomic E-state index is 14.2. The SMILES string of the molecule is CC.CCOC=O.COC(=O)C(c1cc(C(F)(F)F)cc(C(F)(F)F)c1)[C@@H]1C[C@H](C)N(C)Cc2ccc(F)cc21. The summed E-state index contributed by atoms with van der Waals surface area (Å²) in [5, 5.41) is 0. The molecule has 1 aliphatic rings. The summed E-state index contributed by atoms with van der Waals surface area (Å²) < 4.78 is 104. The van der Waals surface area contributed by atoms with Gasteiger partial charge in [0.05, 0.1) is 30.8 Å². The van der Waals surface area contributed by atoms with E-state index in [1.807, 2.05) is 25.7 Å². The van der Waals surface area contributed by atoms with Gasteiger partial charge in [0.1, 0.15) is 5.82 Å². The summed E-state index contributed by atoms with van der Waals surface area (Å²) in [4.78, 5) is 23.9. The molecule has 3 rings (SSSR count). The molecule has 0 saturated carbocycles. The number of rotatable bonds is 5. The molecule has 0 aliphatic carbocycles. The monoisotopic (exact) mass is 581 g/mol. The van der Waals surface area contributed by atoms with Crippen LogP contribution in [0.5, 0.6) is 0 Å². The molecule has 0 bridgehead atoms. The van der Waals surface area contributed by atoms with Crippen LogP contribution in [0.1, 0.15) is 73.8 Å². The van der Waals surface area contributed by atoms with Crippen LogP contribution >= 0.6 is 0 Å². The molecule has 2 aromatic carbocycles. The van der Waals surface area contributed by atoms with E-state index >= 15 is 0 Å². The van der Waals surface area contributed by atoms with Crippen molar-refractivity contribution in [1.29, 1.82) is 0 Å². The minimum atomic E-state index is -5.07. The van der Waals surface area contributed by atoms with E-state index in [1.54, 1.807) is 14.0 Å². The highest BCUT2D eigenvalue weighted by atomic mass is 19.4. The van der Waals surface area contributed by atoms with E-state index in [0.29, 0.717) is 42.9 Å². The minimum Gasteiger partial charge on any atom is -0.469 e. The summed E-state index contributed by atoms with van der Waals surface area (Å²) >= 11 is 0. The molecule has 1 heterocycles. The summed E-state index contributed by atoms with van der Waals surface area (Å²) in [5.41, 5.74) is -2.56. The highest BCUT2D eigenvalue weighted by Gasteiger charge is 2.42. The maximum absolute atomic E-state index is 14.2. The van der Waals surface area contributed by atoms with E-state index in [4.69, 9.17) is 4.74 Å². The molecule has 0 amide bonds. The van der Waals surface area contributed by atoms with E-state index < -0.39 is 52.7 Å². The summed E-state index contributed by atoms with van der Waals surface area (Å²) in [5.74, 6) is -4.04. The summed E-state index contributed by atoms with van der Waals surface area (Å²) in [6.45, 7) is 8.85. The third kappa shape index (κ3) is 9.21. The van der Waals surface area contributed by atoms with Gasteiger partial charge < -0.3 is 9.47 Å². The van der Waals surface area contributed by atoms with Crippen molar-refractivity contribution in [2.24, 2.45) is 0 Å². The second-order valence-corrected chi connectivity index (χ2v) is 8.84. The molecular weight excluding hydrogens is 547 g/mol. The Labute approximate surface area is 229 Å². The summed E-state index contributed by atoms with van der Waals surface area (Å²) in [6.07, 6.45) is -9.96. The lowest BCUT2D eigenvalue weighted by Gasteiger charge is -2.29. The molecule has 5 nitrogen and oxygen atoms in total. The molecule has 1 unspecified atom stereocenters. The van der Waals surface area contributed by atoms with Crippen LogP contribution in [0.3, 0.4) is 0 Å². The number of hydrogen-bond acceptors (Lipinski definition) is 5. The minimum absolute atomic E-state index is 0.00888. The number of methoxy groups -OCH3 is 1. The van der Waals surface area contributed by atoms with Crippen LogP contribution in [0, 0.1) is 5.82 Å². The predicted octanol–water partition coefficient (Wildman–Crippen LogP) is 7.33. The highest BCUT2D eigenvalue weighted by molar-refractivity contribution is 5.80. The molecule has 2 aromatic rings. The Balaban J connectivity index is 0.00000103. The first-order valence-corrected chi connectivity index (χ1v) is 12.5. The van der Waals surface area contributed by atoms with Crippen LogP contribution in [0.2, 0.25) is 0 Å². The molecule has 0 saturated heterocycles. The van der Waals surface area contributed by atoms with Gasteiger partial charge >= 0.3 is 18.3 Å². The number of carbonyl (C=O) groups excluding carboxylic acids is 2. The molecule has 0 radical (unpaired) electrons. The first kappa shape index (κ1) is 34.9. The third-order valence-corrected chi connectivity index (χ3v) is 6.34. The van der Waals surface area contributed by atoms with Gasteiger partial charge in [0, 0.05) is 18.5 Å². The molecule has 3 atom stereocenters. The van der Waals surface area contributed by atoms with E-state index in [2.05, 4.69) is 4.74 Å². The topological polar surface area (TPSA) is 55.8 Å². The Bertz CT molecular complexity index is 1090. The van der Waals surface area contributed by atoms with Gasteiger partial charge in [-0.3, -0.25) is 14.5 Å². The predicted molar refractivity (Wildman–Crippen MR) is 135 cm³/mol. The third-order valence-electron chi connectivity index (χ3n) is 6.34. The number of hydrogen-bond donors (Lipinski definition) is 0. The molecule has 0 spiro atoms. The zero-order valence-corrected chi connectivity index (χ0v) is 23.1. The molecule has 1 aliphatic heterocycles. The van der Waals surface area contributed by atoms with Gasteiger partial charge in [-0.2, -0.15) is 26.3 Å². The molecule has 224 valence electrons. The fourth-order valence-electron chi connectivity index (χ4n) is 4.36. The number of nitrogens with zero attached hydrogens (tertiary/aromatic N) is 1. The van der Waals surface area contributed by atoms with Crippen LogP contribution in [-0.4, -0.2) is 44.1 Å². The van der Waals surface area contributed by atoms with Crippen molar-refractivity contribution in [2.45, 2.75) is 70.9 Å². The standard InChI is InChI=1S/C23H22F7NO2.C3H6O2.C2H6/c1-12-6-19(18-10-17(24)5-4-13(18)11-31(12)2)20(21(32)33-3)14-7-15(22(25,26)27)9-16(8-14)23(28,29)30;1-2-5-3-4;1-2/h4-5,7-10,12,19-20H,6,11H2,1-3H3;3H,2H2,1H3;1-2H3/t12-,19+,20?;;/m0../s1. The number of carbonyl (C=O) groups is 2. The van der Waals surface area contributed by atoms with Crippen LogP contribution < -0.4 is 0 Å². The Morgan fingerprint density at radius 1 is 1.05 bits per heavy atom. The van der Waals surface area contributed by atoms with Crippen molar-refractivity contribution in [3.63, 3.8) is 0 Å². The van der Waals surface area contributed by atoms with E-state index in [1.165, 1.54) is 18.2 Å². The number of fused-ring (bicyclic) bond motifs is 1. The summed E-state index contributed by atoms with van der Waals surface area (Å²) in [6, 6.07) is 4.79. The number of esters is 1. The van der Waals surface area contributed by atoms with Crippen molar-refractivity contribution in [3.05, 3.63) is 70.0 Å². The number of ether oxygens (including phenoxy) is 2. The molecule has 0 N–H and O–H groups in total. The van der Waals surface area contributed by atoms with Gasteiger partial charge in [0.15, 0.2) is 0 Å². The Kier molecular flexibility index (Phi) is 13.1. The maximum Gasteiger partial charge on any atom is 0.416 e. The van der Waals surface area contributed by atoms with Crippen LogP contribution in [0.25, 0.3) is 0 Å². The molecule has 40 heavy (non-hydrogen) atoms. The Hall–Kier alpha value is -3.15. The van der Waals surface area contributed by atoms with Gasteiger partial charge in [0.2, 0.25) is 0 Å². The second kappa shape index (κ2) is 15.0. The van der Waals surface area contributed by atoms with Crippen LogP contribution in [-0.2, 0) is 38.0 Å². The summed E-state index contributed by atoms with van der Waals surface area (Å²) in [7, 11) is 2.80. The number of halogens is 7. The van der Waals surface area contributed by atoms with Crippen molar-refractivity contribution in [1.82, 2.24) is 4.90 Å². The van der Waals surface area contributed by atoms with E-state index in [9.17, 15) is 40.3 Å². The zero-order valence-electron chi connectivity index (χ0n) is 23.1. The normalized spacial score (nSPS) is 18.0. The molecule has 0 aromatic heterocycles. The van der Waals surface area contributed by atoms with Gasteiger partial charge in [0.25, 0.3) is 6.47 Å². The quantitative estimate of drug-likeness (QED) is 0.210. The van der Waals surface area contributed by atoms with Crippen molar-refractivity contribution in [2.75, 3.05) is 20.8 Å². The van der Waals surface area contributed by atoms with Gasteiger partial charge in [-0.05, 0) is 74.3 Å². The average Bonchev–Trinajstić information content (AvgIpc) is 3.01. The first-order chi connectivity index (χ1) is 18.6.